The van der Waals surface area contributed by atoms with Crippen molar-refractivity contribution in [1.29, 1.82) is 0 Å². The molecule has 148 valence electrons. The molecule has 1 amide bonds. The molecule has 0 unspecified atom stereocenters. The Kier molecular flexibility index (Phi) is 7.70. The summed E-state index contributed by atoms with van der Waals surface area (Å²) in [5, 5.41) is 0. The molecule has 0 N–H and O–H groups in total. The molecule has 1 aliphatic carbocycles. The normalized spacial score (nSPS) is 19.6. The van der Waals surface area contributed by atoms with Crippen LogP contribution < -0.4 is 9.47 Å². The number of hydrogen-bond donors (Lipinski definition) is 0. The van der Waals surface area contributed by atoms with Crippen molar-refractivity contribution in [2.24, 2.45) is 5.92 Å². The van der Waals surface area contributed by atoms with Gasteiger partial charge < -0.3 is 19.1 Å². The number of likely N-dealkylation sites (N-methyl/N-ethyl adjacent to an activating group) is 1. The predicted molar refractivity (Wildman–Crippen MR) is 104 cm³/mol. The van der Waals surface area contributed by atoms with Crippen LogP contribution in [0.3, 0.4) is 0 Å². The molecule has 1 aliphatic rings. The van der Waals surface area contributed by atoms with Gasteiger partial charge in [0, 0.05) is 24.7 Å². The molecule has 1 aromatic rings. The molecular formula is C21H29NO5. The van der Waals surface area contributed by atoms with Gasteiger partial charge in [0.1, 0.15) is 0 Å². The zero-order valence-electron chi connectivity index (χ0n) is 16.6. The molecule has 6 heteroatoms. The molecule has 1 fully saturated rings. The fourth-order valence-electron chi connectivity index (χ4n) is 3.32. The number of para-hydroxylation sites is 1. The van der Waals surface area contributed by atoms with E-state index in [2.05, 4.69) is 6.92 Å². The van der Waals surface area contributed by atoms with Crippen LogP contribution in [0.15, 0.2) is 24.3 Å². The number of amides is 1. The van der Waals surface area contributed by atoms with Crippen LogP contribution in [0, 0.1) is 5.92 Å². The first-order valence-electron chi connectivity index (χ1n) is 9.27. The number of esters is 1. The molecule has 6 nitrogen and oxygen atoms in total. The summed E-state index contributed by atoms with van der Waals surface area (Å²) in [5.41, 5.74) is 0.688. The molecule has 1 saturated carbocycles. The minimum absolute atomic E-state index is 0.171. The average molecular weight is 375 g/mol. The smallest absolute Gasteiger partial charge is 0.331 e. The van der Waals surface area contributed by atoms with Gasteiger partial charge in [-0.25, -0.2) is 4.79 Å². The Morgan fingerprint density at radius 2 is 1.85 bits per heavy atom. The molecule has 2 rings (SSSR count). The lowest BCUT2D eigenvalue weighted by Crippen LogP contribution is -2.41. The lowest BCUT2D eigenvalue weighted by molar-refractivity contribution is -0.148. The van der Waals surface area contributed by atoms with Crippen LogP contribution in [0.5, 0.6) is 11.5 Å². The molecule has 0 aliphatic heterocycles. The predicted octanol–water partition coefficient (Wildman–Crippen LogP) is 3.30. The highest BCUT2D eigenvalue weighted by atomic mass is 16.5. The first-order chi connectivity index (χ1) is 13.0. The highest BCUT2D eigenvalue weighted by molar-refractivity contribution is 5.89. The fraction of sp³-hybridized carbons (Fsp3) is 0.524. The number of nitrogens with zero attached hydrogens (tertiary/aromatic N) is 1. The van der Waals surface area contributed by atoms with Gasteiger partial charge in [0.05, 0.1) is 14.2 Å². The molecular weight excluding hydrogens is 346 g/mol. The molecule has 0 saturated heterocycles. The Balaban J connectivity index is 1.87. The molecule has 0 heterocycles. The van der Waals surface area contributed by atoms with E-state index < -0.39 is 5.97 Å². The second-order valence-corrected chi connectivity index (χ2v) is 6.94. The Morgan fingerprint density at radius 3 is 2.48 bits per heavy atom. The van der Waals surface area contributed by atoms with E-state index in [1.165, 1.54) is 13.2 Å². The third-order valence-corrected chi connectivity index (χ3v) is 5.10. The topological polar surface area (TPSA) is 65.1 Å². The number of ether oxygens (including phenoxy) is 3. The van der Waals surface area contributed by atoms with E-state index in [1.54, 1.807) is 43.3 Å². The van der Waals surface area contributed by atoms with Gasteiger partial charge in [-0.2, -0.15) is 0 Å². The number of rotatable bonds is 7. The molecule has 0 aromatic heterocycles. The number of methoxy groups -OCH3 is 2. The van der Waals surface area contributed by atoms with Gasteiger partial charge >= 0.3 is 5.97 Å². The van der Waals surface area contributed by atoms with Crippen molar-refractivity contribution in [3.05, 3.63) is 29.8 Å². The van der Waals surface area contributed by atoms with E-state index >= 15 is 0 Å². The summed E-state index contributed by atoms with van der Waals surface area (Å²) in [7, 11) is 4.87. The van der Waals surface area contributed by atoms with Gasteiger partial charge in [-0.15, -0.1) is 0 Å². The van der Waals surface area contributed by atoms with E-state index in [9.17, 15) is 9.59 Å². The van der Waals surface area contributed by atoms with Crippen molar-refractivity contribution in [3.63, 3.8) is 0 Å². The van der Waals surface area contributed by atoms with Crippen molar-refractivity contribution in [1.82, 2.24) is 4.90 Å². The maximum atomic E-state index is 12.3. The molecule has 27 heavy (non-hydrogen) atoms. The molecule has 0 spiro atoms. The lowest BCUT2D eigenvalue weighted by Gasteiger charge is -2.33. The molecule has 0 radical (unpaired) electrons. The Bertz CT molecular complexity index is 677. The van der Waals surface area contributed by atoms with Gasteiger partial charge in [-0.3, -0.25) is 4.79 Å². The van der Waals surface area contributed by atoms with Gasteiger partial charge in [-0.05, 0) is 43.7 Å². The van der Waals surface area contributed by atoms with E-state index in [0.717, 1.165) is 31.6 Å². The first-order valence-corrected chi connectivity index (χ1v) is 9.27. The summed E-state index contributed by atoms with van der Waals surface area (Å²) in [5.74, 6) is 1.09. The number of hydrogen-bond acceptors (Lipinski definition) is 5. The van der Waals surface area contributed by atoms with Gasteiger partial charge in [0.2, 0.25) is 0 Å². The van der Waals surface area contributed by atoms with Crippen molar-refractivity contribution < 1.29 is 23.8 Å². The monoisotopic (exact) mass is 375 g/mol. The summed E-state index contributed by atoms with van der Waals surface area (Å²) >= 11 is 0. The van der Waals surface area contributed by atoms with Crippen molar-refractivity contribution in [2.45, 2.75) is 38.6 Å². The Hall–Kier alpha value is -2.50. The van der Waals surface area contributed by atoms with Crippen LogP contribution in [-0.2, 0) is 14.3 Å². The summed E-state index contributed by atoms with van der Waals surface area (Å²) in [6.07, 6.45) is 7.15. The van der Waals surface area contributed by atoms with E-state index in [-0.39, 0.29) is 18.6 Å². The molecule has 0 bridgehead atoms. The van der Waals surface area contributed by atoms with E-state index in [0.29, 0.717) is 17.1 Å². The minimum atomic E-state index is -0.570. The van der Waals surface area contributed by atoms with Crippen LogP contribution in [0.1, 0.15) is 38.2 Å². The second kappa shape index (κ2) is 10.00. The van der Waals surface area contributed by atoms with Crippen LogP contribution in [0.25, 0.3) is 6.08 Å². The highest BCUT2D eigenvalue weighted by Crippen LogP contribution is 2.31. The second-order valence-electron chi connectivity index (χ2n) is 6.94. The van der Waals surface area contributed by atoms with E-state index in [1.807, 2.05) is 0 Å². The standard InChI is InChI=1S/C21H29NO5/c1-15-8-11-17(12-9-15)22(2)19(23)14-27-20(24)13-10-16-6-5-7-18(25-3)21(16)26-4/h5-7,10,13,15,17H,8-9,11-12,14H2,1-4H3/b13-10+. The zero-order chi connectivity index (χ0) is 19.8. The molecule has 1 aromatic carbocycles. The Labute approximate surface area is 161 Å². The SMILES string of the molecule is COc1cccc(/C=C/C(=O)OCC(=O)N(C)C2CCC(C)CC2)c1OC. The van der Waals surface area contributed by atoms with Crippen LogP contribution in [0.2, 0.25) is 0 Å². The third kappa shape index (κ3) is 5.74. The van der Waals surface area contributed by atoms with Crippen molar-refractivity contribution in [2.75, 3.05) is 27.9 Å². The highest BCUT2D eigenvalue weighted by Gasteiger charge is 2.25. The number of benzene rings is 1. The fourth-order valence-corrected chi connectivity index (χ4v) is 3.32. The number of carbonyl (C=O) groups excluding carboxylic acids is 2. The Morgan fingerprint density at radius 1 is 1.15 bits per heavy atom. The quantitative estimate of drug-likeness (QED) is 0.540. The van der Waals surface area contributed by atoms with E-state index in [4.69, 9.17) is 14.2 Å². The minimum Gasteiger partial charge on any atom is -0.493 e. The van der Waals surface area contributed by atoms with Gasteiger partial charge in [0.25, 0.3) is 5.91 Å². The summed E-state index contributed by atoms with van der Waals surface area (Å²) in [4.78, 5) is 26.0. The van der Waals surface area contributed by atoms with Crippen LogP contribution >= 0.6 is 0 Å². The average Bonchev–Trinajstić information content (AvgIpc) is 2.69. The summed E-state index contributed by atoms with van der Waals surface area (Å²) < 4.78 is 15.6. The van der Waals surface area contributed by atoms with Crippen molar-refractivity contribution >= 4 is 18.0 Å². The van der Waals surface area contributed by atoms with Crippen LogP contribution in [0.4, 0.5) is 0 Å². The van der Waals surface area contributed by atoms with Crippen molar-refractivity contribution in [3.8, 4) is 11.5 Å². The maximum Gasteiger partial charge on any atom is 0.331 e. The van der Waals surface area contributed by atoms with Crippen LogP contribution in [-0.4, -0.2) is 50.7 Å². The summed E-state index contributed by atoms with van der Waals surface area (Å²) in [6, 6.07) is 5.61. The largest absolute Gasteiger partial charge is 0.493 e. The number of carbonyl (C=O) groups is 2. The lowest BCUT2D eigenvalue weighted by atomic mass is 9.87. The van der Waals surface area contributed by atoms with Gasteiger partial charge in [0.15, 0.2) is 18.1 Å². The van der Waals surface area contributed by atoms with Gasteiger partial charge in [-0.1, -0.05) is 19.1 Å². The summed E-state index contributed by atoms with van der Waals surface area (Å²) in [6.45, 7) is 1.99. The zero-order valence-corrected chi connectivity index (χ0v) is 16.6. The molecule has 0 atom stereocenters. The first kappa shape index (κ1) is 20.8. The third-order valence-electron chi connectivity index (χ3n) is 5.10. The maximum absolute atomic E-state index is 12.3.